The lowest BCUT2D eigenvalue weighted by Crippen LogP contribution is -2.27. The Morgan fingerprint density at radius 3 is 2.47 bits per heavy atom. The molecule has 1 aliphatic rings. The third kappa shape index (κ3) is 5.64. The van der Waals surface area contributed by atoms with Gasteiger partial charge >= 0.3 is 0 Å². The number of hydrogen-bond donors (Lipinski definition) is 0. The molecule has 0 radical (unpaired) electrons. The first-order chi connectivity index (χ1) is 16.4. The number of amides is 2. The molecule has 4 rings (SSSR count). The molecule has 2 amide bonds. The summed E-state index contributed by atoms with van der Waals surface area (Å²) < 4.78 is 11.7. The van der Waals surface area contributed by atoms with Crippen molar-refractivity contribution >= 4 is 40.6 Å². The molecule has 0 N–H and O–H groups in total. The molecule has 7 heteroatoms. The Morgan fingerprint density at radius 1 is 0.971 bits per heavy atom. The molecule has 0 aromatic heterocycles. The van der Waals surface area contributed by atoms with Crippen molar-refractivity contribution in [2.24, 2.45) is 0 Å². The number of nitrogens with zero attached hydrogens (tertiary/aromatic N) is 1. The first-order valence-corrected chi connectivity index (χ1v) is 12.1. The van der Waals surface area contributed by atoms with Crippen molar-refractivity contribution in [2.75, 3.05) is 6.61 Å². The van der Waals surface area contributed by atoms with Crippen LogP contribution in [0.5, 0.6) is 11.5 Å². The predicted octanol–water partition coefficient (Wildman–Crippen LogP) is 6.86. The highest BCUT2D eigenvalue weighted by Gasteiger charge is 2.35. The van der Waals surface area contributed by atoms with Gasteiger partial charge in [0.25, 0.3) is 11.1 Å². The maximum Gasteiger partial charge on any atom is 0.293 e. The number of imide groups is 1. The van der Waals surface area contributed by atoms with E-state index in [0.717, 1.165) is 28.5 Å². The van der Waals surface area contributed by atoms with Gasteiger partial charge in [0.15, 0.2) is 11.5 Å². The minimum Gasteiger partial charge on any atom is -0.490 e. The Hall–Kier alpha value is -3.22. The van der Waals surface area contributed by atoms with Gasteiger partial charge in [-0.25, -0.2) is 0 Å². The maximum atomic E-state index is 13.0. The smallest absolute Gasteiger partial charge is 0.293 e. The molecule has 0 spiro atoms. The molecule has 0 atom stereocenters. The summed E-state index contributed by atoms with van der Waals surface area (Å²) in [4.78, 5) is 27.1. The summed E-state index contributed by atoms with van der Waals surface area (Å²) in [5.41, 5.74) is 3.65. The number of carbonyl (C=O) groups is 2. The summed E-state index contributed by atoms with van der Waals surface area (Å²) in [5, 5.41) is 0.0730. The third-order valence-electron chi connectivity index (χ3n) is 5.15. The molecule has 0 bridgehead atoms. The predicted molar refractivity (Wildman–Crippen MR) is 136 cm³/mol. The van der Waals surface area contributed by atoms with Crippen molar-refractivity contribution in [1.82, 2.24) is 4.90 Å². The van der Waals surface area contributed by atoms with Crippen LogP contribution in [-0.2, 0) is 17.9 Å². The van der Waals surface area contributed by atoms with E-state index in [9.17, 15) is 9.59 Å². The average molecular weight is 494 g/mol. The summed E-state index contributed by atoms with van der Waals surface area (Å²) in [7, 11) is 0. The highest BCUT2D eigenvalue weighted by atomic mass is 35.5. The van der Waals surface area contributed by atoms with E-state index < -0.39 is 0 Å². The topological polar surface area (TPSA) is 55.8 Å². The second-order valence-corrected chi connectivity index (χ2v) is 9.19. The zero-order chi connectivity index (χ0) is 24.1. The molecule has 1 saturated heterocycles. The Balaban J connectivity index is 1.55. The number of benzene rings is 3. The van der Waals surface area contributed by atoms with Crippen molar-refractivity contribution < 1.29 is 19.1 Å². The van der Waals surface area contributed by atoms with Gasteiger partial charge in [0.1, 0.15) is 6.61 Å². The Bertz CT molecular complexity index is 1240. The van der Waals surface area contributed by atoms with Gasteiger partial charge in [-0.2, -0.15) is 0 Å². The Kier molecular flexibility index (Phi) is 7.60. The number of rotatable bonds is 8. The van der Waals surface area contributed by atoms with Crippen LogP contribution in [-0.4, -0.2) is 22.7 Å². The molecule has 5 nitrogen and oxygen atoms in total. The summed E-state index contributed by atoms with van der Waals surface area (Å²) in [6.07, 6.45) is 1.66. The molecule has 1 aliphatic heterocycles. The molecule has 34 heavy (non-hydrogen) atoms. The second-order valence-electron chi connectivity index (χ2n) is 7.79. The molecule has 3 aromatic carbocycles. The van der Waals surface area contributed by atoms with Gasteiger partial charge in [-0.05, 0) is 60.5 Å². The second kappa shape index (κ2) is 10.8. The van der Waals surface area contributed by atoms with Crippen molar-refractivity contribution in [3.05, 3.63) is 98.9 Å². The highest BCUT2D eigenvalue weighted by Crippen LogP contribution is 2.39. The monoisotopic (exact) mass is 493 g/mol. The van der Waals surface area contributed by atoms with Crippen LogP contribution in [0.2, 0.25) is 5.02 Å². The van der Waals surface area contributed by atoms with Crippen LogP contribution in [0.3, 0.4) is 0 Å². The van der Waals surface area contributed by atoms with E-state index in [1.165, 1.54) is 4.90 Å². The maximum absolute atomic E-state index is 13.0. The van der Waals surface area contributed by atoms with Gasteiger partial charge < -0.3 is 9.47 Å². The third-order valence-corrected chi connectivity index (χ3v) is 6.34. The van der Waals surface area contributed by atoms with Crippen molar-refractivity contribution in [1.29, 1.82) is 0 Å². The first-order valence-electron chi connectivity index (χ1n) is 10.9. The number of hydrogen-bond acceptors (Lipinski definition) is 5. The van der Waals surface area contributed by atoms with E-state index in [1.54, 1.807) is 18.2 Å². The first kappa shape index (κ1) is 23.9. The standard InChI is InChI=1S/C27H24ClNO4S/c1-3-32-23-14-21(13-22(28)25(23)33-17-19-9-5-4-6-10-19)15-24-26(30)29(27(31)34-24)16-20-11-7-8-18(2)12-20/h4-15H,3,16-17H2,1-2H3/b24-15-. The zero-order valence-corrected chi connectivity index (χ0v) is 20.5. The van der Waals surface area contributed by atoms with Gasteiger partial charge in [-0.15, -0.1) is 0 Å². The van der Waals surface area contributed by atoms with Crippen LogP contribution >= 0.6 is 23.4 Å². The van der Waals surface area contributed by atoms with E-state index in [1.807, 2.05) is 68.4 Å². The Morgan fingerprint density at radius 2 is 1.74 bits per heavy atom. The molecule has 0 aliphatic carbocycles. The summed E-state index contributed by atoms with van der Waals surface area (Å²) >= 11 is 7.45. The molecule has 0 unspecified atom stereocenters. The van der Waals surface area contributed by atoms with E-state index >= 15 is 0 Å². The quantitative estimate of drug-likeness (QED) is 0.321. The molecule has 1 heterocycles. The average Bonchev–Trinajstić information content (AvgIpc) is 3.07. The minimum atomic E-state index is -0.324. The summed E-state index contributed by atoms with van der Waals surface area (Å²) in [5.74, 6) is 0.600. The van der Waals surface area contributed by atoms with E-state index in [0.29, 0.717) is 40.2 Å². The molecule has 3 aromatic rings. The van der Waals surface area contributed by atoms with Gasteiger partial charge in [-0.1, -0.05) is 71.8 Å². The normalized spacial score (nSPS) is 14.7. The lowest BCUT2D eigenvalue weighted by atomic mass is 10.1. The van der Waals surface area contributed by atoms with Gasteiger partial charge in [0.05, 0.1) is 23.1 Å². The van der Waals surface area contributed by atoms with Crippen LogP contribution in [0.1, 0.15) is 29.2 Å². The fourth-order valence-electron chi connectivity index (χ4n) is 3.58. The van der Waals surface area contributed by atoms with Crippen LogP contribution < -0.4 is 9.47 Å². The van der Waals surface area contributed by atoms with Crippen LogP contribution in [0.4, 0.5) is 4.79 Å². The van der Waals surface area contributed by atoms with Crippen molar-refractivity contribution in [3.63, 3.8) is 0 Å². The van der Waals surface area contributed by atoms with Crippen LogP contribution in [0.25, 0.3) is 6.08 Å². The lowest BCUT2D eigenvalue weighted by Gasteiger charge is -2.15. The number of halogens is 1. The van der Waals surface area contributed by atoms with Crippen LogP contribution in [0.15, 0.2) is 71.6 Å². The minimum absolute atomic E-state index is 0.237. The number of aryl methyl sites for hydroxylation is 1. The molecule has 1 fully saturated rings. The van der Waals surface area contributed by atoms with Crippen molar-refractivity contribution in [2.45, 2.75) is 27.0 Å². The number of ether oxygens (including phenoxy) is 2. The van der Waals surface area contributed by atoms with Crippen LogP contribution in [0, 0.1) is 6.92 Å². The van der Waals surface area contributed by atoms with Gasteiger partial charge in [-0.3, -0.25) is 14.5 Å². The van der Waals surface area contributed by atoms with Gasteiger partial charge in [0.2, 0.25) is 0 Å². The lowest BCUT2D eigenvalue weighted by molar-refractivity contribution is -0.123. The molecule has 174 valence electrons. The molecular formula is C27H24ClNO4S. The SMILES string of the molecule is CCOc1cc(/C=C2\SC(=O)N(Cc3cccc(C)c3)C2=O)cc(Cl)c1OCc1ccccc1. The van der Waals surface area contributed by atoms with E-state index in [4.69, 9.17) is 21.1 Å². The fourth-order valence-corrected chi connectivity index (χ4v) is 4.70. The summed E-state index contributed by atoms with van der Waals surface area (Å²) in [6.45, 7) is 4.86. The number of carbonyl (C=O) groups excluding carboxylic acids is 2. The largest absolute Gasteiger partial charge is 0.490 e. The molecular weight excluding hydrogens is 470 g/mol. The highest BCUT2D eigenvalue weighted by molar-refractivity contribution is 8.18. The van der Waals surface area contributed by atoms with E-state index in [-0.39, 0.29) is 17.7 Å². The molecule has 0 saturated carbocycles. The van der Waals surface area contributed by atoms with Gasteiger partial charge in [0, 0.05) is 0 Å². The fraction of sp³-hybridized carbons (Fsp3) is 0.185. The summed E-state index contributed by atoms with van der Waals surface area (Å²) in [6, 6.07) is 21.0. The van der Waals surface area contributed by atoms with Crippen molar-refractivity contribution in [3.8, 4) is 11.5 Å². The zero-order valence-electron chi connectivity index (χ0n) is 18.9. The number of thioether (sulfide) groups is 1. The Labute approximate surface area is 208 Å². The van der Waals surface area contributed by atoms with E-state index in [2.05, 4.69) is 0 Å².